The van der Waals surface area contributed by atoms with Gasteiger partial charge in [0.15, 0.2) is 0 Å². The van der Waals surface area contributed by atoms with E-state index < -0.39 is 5.97 Å². The smallest absolute Gasteiger partial charge is 0.307 e. The summed E-state index contributed by atoms with van der Waals surface area (Å²) in [7, 11) is 0. The average molecular weight is 191 g/mol. The van der Waals surface area contributed by atoms with E-state index in [2.05, 4.69) is 6.58 Å². The Morgan fingerprint density at radius 3 is 2.50 bits per heavy atom. The zero-order valence-electron chi connectivity index (χ0n) is 8.32. The van der Waals surface area contributed by atoms with Gasteiger partial charge in [0.05, 0.1) is 12.0 Å². The molecule has 1 fully saturated rings. The van der Waals surface area contributed by atoms with Gasteiger partial charge in [0.25, 0.3) is 0 Å². The van der Waals surface area contributed by atoms with Crippen LogP contribution in [0.1, 0.15) is 13.8 Å². The van der Waals surface area contributed by atoms with Gasteiger partial charge in [0, 0.05) is 5.57 Å². The van der Waals surface area contributed by atoms with E-state index in [4.69, 9.17) is 10.4 Å². The third kappa shape index (κ3) is 1.56. The first-order valence-electron chi connectivity index (χ1n) is 4.42. The van der Waals surface area contributed by atoms with Gasteiger partial charge in [-0.3, -0.25) is 4.79 Å². The number of aliphatic carboxylic acids is 1. The summed E-state index contributed by atoms with van der Waals surface area (Å²) in [5, 5.41) is 17.5. The summed E-state index contributed by atoms with van der Waals surface area (Å²) in [5.41, 5.74) is 0.212. The highest BCUT2D eigenvalue weighted by atomic mass is 16.4. The lowest BCUT2D eigenvalue weighted by atomic mass is 10.1. The second-order valence-electron chi connectivity index (χ2n) is 4.10. The van der Waals surface area contributed by atoms with E-state index in [9.17, 15) is 4.79 Å². The van der Waals surface area contributed by atoms with Gasteiger partial charge in [-0.15, -0.1) is 0 Å². The molecule has 0 heterocycles. The number of nitriles is 1. The van der Waals surface area contributed by atoms with Gasteiger partial charge in [-0.1, -0.05) is 32.6 Å². The van der Waals surface area contributed by atoms with Crippen LogP contribution in [0.5, 0.6) is 0 Å². The zero-order valence-corrected chi connectivity index (χ0v) is 8.32. The number of carbonyl (C=O) groups is 1. The maximum absolute atomic E-state index is 10.8. The Kier molecular flexibility index (Phi) is 2.48. The van der Waals surface area contributed by atoms with Crippen LogP contribution in [0.3, 0.4) is 0 Å². The first kappa shape index (κ1) is 10.5. The zero-order chi connectivity index (χ0) is 10.9. The number of hydrogen-bond donors (Lipinski definition) is 1. The van der Waals surface area contributed by atoms with Crippen molar-refractivity contribution < 1.29 is 9.90 Å². The largest absolute Gasteiger partial charge is 0.481 e. The summed E-state index contributed by atoms with van der Waals surface area (Å²) in [6.07, 6.45) is 3.15. The summed E-state index contributed by atoms with van der Waals surface area (Å²) < 4.78 is 0. The number of nitrogens with zero attached hydrogens (tertiary/aromatic N) is 1. The Morgan fingerprint density at radius 2 is 2.21 bits per heavy atom. The Balaban J connectivity index is 2.85. The molecule has 0 bridgehead atoms. The molecule has 0 aromatic rings. The lowest BCUT2D eigenvalue weighted by Crippen LogP contribution is -2.03. The van der Waals surface area contributed by atoms with Gasteiger partial charge in [-0.05, 0) is 11.3 Å². The molecule has 1 aliphatic rings. The van der Waals surface area contributed by atoms with Crippen LogP contribution in [-0.4, -0.2) is 11.1 Å². The summed E-state index contributed by atoms with van der Waals surface area (Å²) in [6, 6.07) is 1.97. The minimum absolute atomic E-state index is 0.0485. The fraction of sp³-hybridized carbons (Fsp3) is 0.455. The summed E-state index contributed by atoms with van der Waals surface area (Å²) >= 11 is 0. The van der Waals surface area contributed by atoms with Crippen molar-refractivity contribution in [2.45, 2.75) is 13.8 Å². The molecule has 14 heavy (non-hydrogen) atoms. The second-order valence-corrected chi connectivity index (χ2v) is 4.10. The van der Waals surface area contributed by atoms with E-state index in [1.807, 2.05) is 19.9 Å². The minimum Gasteiger partial charge on any atom is -0.481 e. The summed E-state index contributed by atoms with van der Waals surface area (Å²) in [6.45, 7) is 7.28. The van der Waals surface area contributed by atoms with Crippen LogP contribution >= 0.6 is 0 Å². The van der Waals surface area contributed by atoms with Crippen molar-refractivity contribution in [3.8, 4) is 6.07 Å². The molecule has 3 nitrogen and oxygen atoms in total. The van der Waals surface area contributed by atoms with Crippen LogP contribution in [0, 0.1) is 28.6 Å². The van der Waals surface area contributed by atoms with Gasteiger partial charge >= 0.3 is 5.97 Å². The number of rotatable bonds is 3. The molecule has 0 aromatic carbocycles. The molecule has 0 unspecified atom stereocenters. The van der Waals surface area contributed by atoms with E-state index >= 15 is 0 Å². The van der Waals surface area contributed by atoms with Crippen LogP contribution < -0.4 is 0 Å². The van der Waals surface area contributed by atoms with Crippen LogP contribution in [0.15, 0.2) is 24.3 Å². The average Bonchev–Trinajstić information content (AvgIpc) is 2.63. The van der Waals surface area contributed by atoms with Crippen molar-refractivity contribution in [2.75, 3.05) is 0 Å². The fourth-order valence-corrected chi connectivity index (χ4v) is 1.80. The Morgan fingerprint density at radius 1 is 1.64 bits per heavy atom. The maximum Gasteiger partial charge on any atom is 0.307 e. The van der Waals surface area contributed by atoms with Crippen LogP contribution in [0.4, 0.5) is 0 Å². The Bertz CT molecular complexity index is 347. The molecule has 1 saturated carbocycles. The molecule has 74 valence electrons. The third-order valence-corrected chi connectivity index (χ3v) is 2.88. The van der Waals surface area contributed by atoms with Crippen molar-refractivity contribution in [1.29, 1.82) is 5.26 Å². The van der Waals surface area contributed by atoms with Crippen molar-refractivity contribution in [3.63, 3.8) is 0 Å². The van der Waals surface area contributed by atoms with E-state index in [-0.39, 0.29) is 17.3 Å². The van der Waals surface area contributed by atoms with E-state index in [0.29, 0.717) is 5.57 Å². The SMILES string of the molecule is C=CC(C#N)=C[C@@H]1[C@@H](C(=O)O)C1(C)C. The number of allylic oxidation sites excluding steroid dienone is 3. The standard InChI is InChI=1S/C11H13NO2/c1-4-7(6-12)5-8-9(10(13)14)11(8,2)3/h4-5,8-9H,1H2,2-3H3,(H,13,14)/t8-,9+/m1/s1. The summed E-state index contributed by atoms with van der Waals surface area (Å²) in [4.78, 5) is 10.8. The molecule has 0 aliphatic heterocycles. The molecule has 0 saturated heterocycles. The first-order chi connectivity index (χ1) is 6.45. The lowest BCUT2D eigenvalue weighted by Gasteiger charge is -1.96. The molecular formula is C11H13NO2. The lowest BCUT2D eigenvalue weighted by molar-refractivity contribution is -0.139. The van der Waals surface area contributed by atoms with Crippen LogP contribution in [0.25, 0.3) is 0 Å². The Hall–Kier alpha value is -1.56. The number of hydrogen-bond acceptors (Lipinski definition) is 2. The maximum atomic E-state index is 10.8. The molecule has 1 N–H and O–H groups in total. The molecule has 1 aliphatic carbocycles. The van der Waals surface area contributed by atoms with Crippen molar-refractivity contribution >= 4 is 5.97 Å². The molecule has 3 heteroatoms. The van der Waals surface area contributed by atoms with E-state index in [1.54, 1.807) is 6.08 Å². The van der Waals surface area contributed by atoms with Crippen LogP contribution in [-0.2, 0) is 4.79 Å². The fourth-order valence-electron chi connectivity index (χ4n) is 1.80. The number of carboxylic acid groups (broad SMARTS) is 1. The van der Waals surface area contributed by atoms with Gasteiger partial charge < -0.3 is 5.11 Å². The molecule has 2 atom stereocenters. The van der Waals surface area contributed by atoms with E-state index in [1.165, 1.54) is 6.08 Å². The second kappa shape index (κ2) is 3.30. The summed E-state index contributed by atoms with van der Waals surface area (Å²) in [5.74, 6) is -1.21. The van der Waals surface area contributed by atoms with E-state index in [0.717, 1.165) is 0 Å². The van der Waals surface area contributed by atoms with Crippen molar-refractivity contribution in [2.24, 2.45) is 17.3 Å². The van der Waals surface area contributed by atoms with Crippen molar-refractivity contribution in [1.82, 2.24) is 0 Å². The molecule has 0 radical (unpaired) electrons. The predicted molar refractivity (Wildman–Crippen MR) is 52.3 cm³/mol. The first-order valence-corrected chi connectivity index (χ1v) is 4.42. The molecule has 0 spiro atoms. The highest BCUT2D eigenvalue weighted by molar-refractivity contribution is 5.76. The van der Waals surface area contributed by atoms with Gasteiger partial charge in [0.1, 0.15) is 0 Å². The topological polar surface area (TPSA) is 61.1 Å². The molecule has 1 rings (SSSR count). The van der Waals surface area contributed by atoms with Gasteiger partial charge in [0.2, 0.25) is 0 Å². The quantitative estimate of drug-likeness (QED) is 0.548. The van der Waals surface area contributed by atoms with Crippen LogP contribution in [0.2, 0.25) is 0 Å². The van der Waals surface area contributed by atoms with Gasteiger partial charge in [-0.25, -0.2) is 0 Å². The molecular weight excluding hydrogens is 178 g/mol. The third-order valence-electron chi connectivity index (χ3n) is 2.88. The Labute approximate surface area is 83.4 Å². The highest BCUT2D eigenvalue weighted by Gasteiger charge is 2.60. The molecule has 0 aromatic heterocycles. The van der Waals surface area contributed by atoms with Gasteiger partial charge in [-0.2, -0.15) is 5.26 Å². The predicted octanol–water partition coefficient (Wildman–Crippen LogP) is 1.98. The van der Waals surface area contributed by atoms with Crippen molar-refractivity contribution in [3.05, 3.63) is 24.3 Å². The highest BCUT2D eigenvalue weighted by Crippen LogP contribution is 2.59. The number of carboxylic acids is 1. The normalized spacial score (nSPS) is 29.1. The monoisotopic (exact) mass is 191 g/mol. The molecule has 0 amide bonds. The minimum atomic E-state index is -0.794.